The van der Waals surface area contributed by atoms with E-state index in [4.69, 9.17) is 11.6 Å². The van der Waals surface area contributed by atoms with Gasteiger partial charge < -0.3 is 5.32 Å². The van der Waals surface area contributed by atoms with E-state index in [1.54, 1.807) is 0 Å². The summed E-state index contributed by atoms with van der Waals surface area (Å²) in [7, 11) is 0. The molecule has 0 aliphatic heterocycles. The van der Waals surface area contributed by atoms with Gasteiger partial charge in [-0.25, -0.2) is 9.97 Å². The predicted molar refractivity (Wildman–Crippen MR) is 83.1 cm³/mol. The third-order valence-corrected chi connectivity index (χ3v) is 3.26. The third-order valence-electron chi connectivity index (χ3n) is 3.07. The summed E-state index contributed by atoms with van der Waals surface area (Å²) >= 11 is 5.68. The van der Waals surface area contributed by atoms with Crippen molar-refractivity contribution in [3.05, 3.63) is 59.1 Å². The summed E-state index contributed by atoms with van der Waals surface area (Å²) in [4.78, 5) is 20.1. The van der Waals surface area contributed by atoms with Crippen LogP contribution in [0, 0.1) is 5.92 Å². The zero-order valence-corrected chi connectivity index (χ0v) is 12.8. The van der Waals surface area contributed by atoms with E-state index in [1.165, 1.54) is 12.4 Å². The molecule has 1 aromatic heterocycles. The van der Waals surface area contributed by atoms with E-state index in [1.807, 2.05) is 30.3 Å². The summed E-state index contributed by atoms with van der Waals surface area (Å²) in [5.74, 6) is 0.223. The Hall–Kier alpha value is -1.94. The van der Waals surface area contributed by atoms with Crippen LogP contribution in [0.4, 0.5) is 0 Å². The minimum absolute atomic E-state index is 0.0452. The van der Waals surface area contributed by atoms with Crippen molar-refractivity contribution in [1.29, 1.82) is 0 Å². The smallest absolute Gasteiger partial charge is 0.271 e. The molecule has 1 N–H and O–H groups in total. The normalized spacial score (nSPS) is 12.2. The van der Waals surface area contributed by atoms with Crippen LogP contribution in [0.5, 0.6) is 0 Å². The van der Waals surface area contributed by atoms with Gasteiger partial charge in [-0.05, 0) is 17.9 Å². The largest absolute Gasteiger partial charge is 0.344 e. The molecule has 1 aromatic carbocycles. The maximum absolute atomic E-state index is 12.3. The molecule has 0 aliphatic rings. The summed E-state index contributed by atoms with van der Waals surface area (Å²) in [6.07, 6.45) is 3.61. The van der Waals surface area contributed by atoms with Crippen LogP contribution in [0.25, 0.3) is 0 Å². The maximum Gasteiger partial charge on any atom is 0.271 e. The van der Waals surface area contributed by atoms with Gasteiger partial charge >= 0.3 is 0 Å². The Morgan fingerprint density at radius 3 is 2.48 bits per heavy atom. The summed E-state index contributed by atoms with van der Waals surface area (Å²) < 4.78 is 0. The van der Waals surface area contributed by atoms with Crippen LogP contribution >= 0.6 is 11.6 Å². The van der Waals surface area contributed by atoms with Gasteiger partial charge in [-0.3, -0.25) is 4.79 Å². The highest BCUT2D eigenvalue weighted by Crippen LogP contribution is 2.21. The number of rotatable bonds is 5. The maximum atomic E-state index is 12.3. The van der Waals surface area contributed by atoms with Crippen molar-refractivity contribution < 1.29 is 4.79 Å². The lowest BCUT2D eigenvalue weighted by Crippen LogP contribution is -2.30. The van der Waals surface area contributed by atoms with Crippen LogP contribution < -0.4 is 5.32 Å². The molecule has 0 radical (unpaired) electrons. The fraction of sp³-hybridized carbons (Fsp3) is 0.312. The second-order valence-corrected chi connectivity index (χ2v) is 5.68. The van der Waals surface area contributed by atoms with Crippen LogP contribution in [0.15, 0.2) is 42.7 Å². The molecular formula is C16H18ClN3O. The topological polar surface area (TPSA) is 54.9 Å². The average Bonchev–Trinajstić information content (AvgIpc) is 2.47. The van der Waals surface area contributed by atoms with Crippen molar-refractivity contribution in [3.63, 3.8) is 0 Å². The van der Waals surface area contributed by atoms with Crippen molar-refractivity contribution >= 4 is 17.5 Å². The highest BCUT2D eigenvalue weighted by Gasteiger charge is 2.17. The monoisotopic (exact) mass is 303 g/mol. The van der Waals surface area contributed by atoms with Gasteiger partial charge in [0.15, 0.2) is 0 Å². The van der Waals surface area contributed by atoms with Crippen LogP contribution in [0.2, 0.25) is 5.15 Å². The molecule has 2 aromatic rings. The Bertz CT molecular complexity index is 584. The second-order valence-electron chi connectivity index (χ2n) is 5.29. The lowest BCUT2D eigenvalue weighted by molar-refractivity contribution is 0.0926. The van der Waals surface area contributed by atoms with Gasteiger partial charge in [0.1, 0.15) is 10.8 Å². The Kier molecular flexibility index (Phi) is 5.28. The predicted octanol–water partition coefficient (Wildman–Crippen LogP) is 3.65. The van der Waals surface area contributed by atoms with Crippen LogP contribution in [-0.4, -0.2) is 15.9 Å². The number of nitrogens with one attached hydrogen (secondary N) is 1. The van der Waals surface area contributed by atoms with Gasteiger partial charge in [0.2, 0.25) is 0 Å². The number of amides is 1. The lowest BCUT2D eigenvalue weighted by Gasteiger charge is -2.21. The molecule has 0 saturated heterocycles. The standard InChI is InChI=1S/C16H18ClN3O/c1-11(2)8-13(12-6-4-3-5-7-12)20-16(21)14-9-19-15(17)10-18-14/h3-7,9-11,13H,8H2,1-2H3,(H,20,21)/t13-/m0/s1. The zero-order chi connectivity index (χ0) is 15.2. The second kappa shape index (κ2) is 7.18. The number of hydrogen-bond donors (Lipinski definition) is 1. The minimum Gasteiger partial charge on any atom is -0.344 e. The Labute approximate surface area is 129 Å². The van der Waals surface area contributed by atoms with Crippen LogP contribution in [0.3, 0.4) is 0 Å². The first-order chi connectivity index (χ1) is 10.1. The molecule has 0 fully saturated rings. The van der Waals surface area contributed by atoms with E-state index in [2.05, 4.69) is 29.1 Å². The Morgan fingerprint density at radius 2 is 1.90 bits per heavy atom. The molecule has 2 rings (SSSR count). The number of carbonyl (C=O) groups excluding carboxylic acids is 1. The number of halogens is 1. The van der Waals surface area contributed by atoms with Gasteiger partial charge in [0.25, 0.3) is 5.91 Å². The number of carbonyl (C=O) groups is 1. The minimum atomic E-state index is -0.242. The molecule has 0 spiro atoms. The summed E-state index contributed by atoms with van der Waals surface area (Å²) in [6.45, 7) is 4.26. The Balaban J connectivity index is 2.15. The van der Waals surface area contributed by atoms with E-state index < -0.39 is 0 Å². The van der Waals surface area contributed by atoms with Crippen molar-refractivity contribution in [1.82, 2.24) is 15.3 Å². The fourth-order valence-electron chi connectivity index (χ4n) is 2.10. The summed E-state index contributed by atoms with van der Waals surface area (Å²) in [6, 6.07) is 9.88. The number of nitrogens with zero attached hydrogens (tertiary/aromatic N) is 2. The molecule has 1 amide bonds. The van der Waals surface area contributed by atoms with Gasteiger partial charge in [-0.2, -0.15) is 0 Å². The number of aromatic nitrogens is 2. The molecule has 110 valence electrons. The molecule has 21 heavy (non-hydrogen) atoms. The van der Waals surface area contributed by atoms with Gasteiger partial charge in [-0.1, -0.05) is 55.8 Å². The van der Waals surface area contributed by atoms with Crippen molar-refractivity contribution in [2.24, 2.45) is 5.92 Å². The molecule has 4 nitrogen and oxygen atoms in total. The summed E-state index contributed by atoms with van der Waals surface area (Å²) in [5.41, 5.74) is 1.35. The molecule has 1 atom stereocenters. The van der Waals surface area contributed by atoms with E-state index in [0.717, 1.165) is 12.0 Å². The van der Waals surface area contributed by atoms with Crippen molar-refractivity contribution in [2.75, 3.05) is 0 Å². The summed E-state index contributed by atoms with van der Waals surface area (Å²) in [5, 5.41) is 3.29. The Morgan fingerprint density at radius 1 is 1.19 bits per heavy atom. The van der Waals surface area contributed by atoms with Gasteiger partial charge in [0, 0.05) is 0 Å². The fourth-order valence-corrected chi connectivity index (χ4v) is 2.19. The van der Waals surface area contributed by atoms with Crippen molar-refractivity contribution in [3.8, 4) is 0 Å². The van der Waals surface area contributed by atoms with Crippen LogP contribution in [0.1, 0.15) is 42.4 Å². The van der Waals surface area contributed by atoms with E-state index in [-0.39, 0.29) is 22.8 Å². The third kappa shape index (κ3) is 4.53. The molecule has 0 saturated carbocycles. The molecule has 1 heterocycles. The van der Waals surface area contributed by atoms with Crippen LogP contribution in [-0.2, 0) is 0 Å². The quantitative estimate of drug-likeness (QED) is 0.917. The first kappa shape index (κ1) is 15.4. The first-order valence-corrected chi connectivity index (χ1v) is 7.27. The van der Waals surface area contributed by atoms with E-state index in [0.29, 0.717) is 5.92 Å². The molecule has 0 aliphatic carbocycles. The number of hydrogen-bond acceptors (Lipinski definition) is 3. The first-order valence-electron chi connectivity index (χ1n) is 6.89. The highest BCUT2D eigenvalue weighted by atomic mass is 35.5. The molecule has 0 bridgehead atoms. The SMILES string of the molecule is CC(C)C[C@H](NC(=O)c1cnc(Cl)cn1)c1ccccc1. The average molecular weight is 304 g/mol. The molecular weight excluding hydrogens is 286 g/mol. The van der Waals surface area contributed by atoms with Gasteiger partial charge in [-0.15, -0.1) is 0 Å². The lowest BCUT2D eigenvalue weighted by atomic mass is 9.97. The number of benzene rings is 1. The molecule has 0 unspecified atom stereocenters. The van der Waals surface area contributed by atoms with E-state index >= 15 is 0 Å². The van der Waals surface area contributed by atoms with Gasteiger partial charge in [0.05, 0.1) is 18.4 Å². The highest BCUT2D eigenvalue weighted by molar-refractivity contribution is 6.29. The zero-order valence-electron chi connectivity index (χ0n) is 12.1. The van der Waals surface area contributed by atoms with Crippen molar-refractivity contribution in [2.45, 2.75) is 26.3 Å². The molecule has 5 heteroatoms. The van der Waals surface area contributed by atoms with E-state index in [9.17, 15) is 4.79 Å².